The molecule has 2 saturated carbocycles. The summed E-state index contributed by atoms with van der Waals surface area (Å²) in [6.07, 6.45) is 7.47. The van der Waals surface area contributed by atoms with E-state index >= 15 is 0 Å². The Kier molecular flexibility index (Phi) is 13.3. The van der Waals surface area contributed by atoms with Crippen molar-refractivity contribution in [2.75, 3.05) is 14.2 Å². The monoisotopic (exact) mass is 692 g/mol. The molecule has 0 bridgehead atoms. The lowest BCUT2D eigenvalue weighted by Crippen LogP contribution is -2.51. The molecule has 10 heteroatoms. The highest BCUT2D eigenvalue weighted by Gasteiger charge is 2.62. The molecular weight excluding hydrogens is 648 g/mol. The molecular formula is C34H45O5PS4. The first kappa shape index (κ1) is 38.8. The van der Waals surface area contributed by atoms with Crippen LogP contribution in [0.3, 0.4) is 0 Å². The number of allylic oxidation sites excluding steroid dienone is 4. The number of aliphatic hydroxyl groups is 1. The summed E-state index contributed by atoms with van der Waals surface area (Å²) >= 11 is 0. The van der Waals surface area contributed by atoms with Gasteiger partial charge in [0.2, 0.25) is 0 Å². The van der Waals surface area contributed by atoms with Gasteiger partial charge in [-0.25, -0.2) is 0 Å². The van der Waals surface area contributed by atoms with Gasteiger partial charge in [0, 0.05) is 37.5 Å². The zero-order valence-electron chi connectivity index (χ0n) is 25.5. The molecule has 4 aliphatic carbocycles. The Labute approximate surface area is 290 Å². The molecule has 2 aromatic rings. The van der Waals surface area contributed by atoms with Crippen LogP contribution in [-0.2, 0) is 18.4 Å². The van der Waals surface area contributed by atoms with E-state index in [2.05, 4.69) is 18.8 Å². The van der Waals surface area contributed by atoms with Crippen molar-refractivity contribution in [1.29, 1.82) is 0 Å². The van der Waals surface area contributed by atoms with Crippen LogP contribution in [0.2, 0.25) is 0 Å². The van der Waals surface area contributed by atoms with Crippen LogP contribution < -0.4 is 5.30 Å². The maximum atomic E-state index is 13.0. The van der Waals surface area contributed by atoms with Crippen LogP contribution >= 0.6 is 61.6 Å². The molecule has 0 amide bonds. The Bertz CT molecular complexity index is 1510. The molecule has 1 N–H and O–H groups in total. The molecule has 44 heavy (non-hydrogen) atoms. The minimum atomic E-state index is -3.36. The summed E-state index contributed by atoms with van der Waals surface area (Å²) in [5, 5.41) is 12.8. The van der Waals surface area contributed by atoms with Crippen LogP contribution in [0.15, 0.2) is 77.4 Å². The van der Waals surface area contributed by atoms with Crippen molar-refractivity contribution in [3.8, 4) is 11.8 Å². The van der Waals surface area contributed by atoms with E-state index in [0.717, 1.165) is 43.2 Å². The van der Waals surface area contributed by atoms with E-state index in [1.807, 2.05) is 60.7 Å². The molecule has 240 valence electrons. The van der Waals surface area contributed by atoms with E-state index in [0.29, 0.717) is 30.0 Å². The van der Waals surface area contributed by atoms with Crippen molar-refractivity contribution in [3.63, 3.8) is 0 Å². The number of hydrogen-bond donors (Lipinski definition) is 1. The van der Waals surface area contributed by atoms with Gasteiger partial charge >= 0.3 is 7.60 Å². The summed E-state index contributed by atoms with van der Waals surface area (Å²) in [6.45, 7) is 2.24. The van der Waals surface area contributed by atoms with Gasteiger partial charge in [-0.2, -0.15) is 54.0 Å². The van der Waals surface area contributed by atoms with Crippen molar-refractivity contribution in [1.82, 2.24) is 0 Å². The topological polar surface area (TPSA) is 72.8 Å². The van der Waals surface area contributed by atoms with Crippen LogP contribution in [0.5, 0.6) is 0 Å². The smallest absolute Gasteiger partial charge is 0.360 e. The van der Waals surface area contributed by atoms with E-state index in [9.17, 15) is 14.5 Å². The predicted molar refractivity (Wildman–Crippen MR) is 198 cm³/mol. The number of carbonyl (C=O) groups excluding carboxylic acids is 1. The van der Waals surface area contributed by atoms with Crippen LogP contribution in [0.1, 0.15) is 68.9 Å². The fraction of sp³-hybridized carbons (Fsp3) is 0.441. The predicted octanol–water partition coefficient (Wildman–Crippen LogP) is 6.93. The van der Waals surface area contributed by atoms with Gasteiger partial charge < -0.3 is 14.2 Å². The standard InChI is InChI=1S/C34H37O5P.4H2S/c1-33-22-30(24-9-13-27(14-10-24)40(37,38-2)39-3)32-28-16-12-26(35)21-25(28)11-15-29(32)31(33)18-20-34(33,36)19-17-23-7-5-4-6-8-23;;;;/h4-10,13-14,21,29-31,36H,11-12,15-16,18,20,22H2,1-3H3;4*1H2/t29-,30+,31-,33-,34-;;;;/m0..../s1. The van der Waals surface area contributed by atoms with E-state index in [1.54, 1.807) is 0 Å². The van der Waals surface area contributed by atoms with Gasteiger partial charge in [-0.05, 0) is 97.4 Å². The quantitative estimate of drug-likeness (QED) is 0.278. The summed E-state index contributed by atoms with van der Waals surface area (Å²) in [7, 11) is -0.564. The minimum absolute atomic E-state index is 0. The van der Waals surface area contributed by atoms with Gasteiger partial charge in [-0.3, -0.25) is 9.36 Å². The minimum Gasteiger partial charge on any atom is -0.377 e. The highest BCUT2D eigenvalue weighted by molar-refractivity contribution is 7.62. The Morgan fingerprint density at radius 3 is 2.20 bits per heavy atom. The molecule has 5 nitrogen and oxygen atoms in total. The summed E-state index contributed by atoms with van der Waals surface area (Å²) in [5.74, 6) is 7.58. The second kappa shape index (κ2) is 15.0. The lowest BCUT2D eigenvalue weighted by molar-refractivity contribution is -0.114. The molecule has 0 saturated heterocycles. The van der Waals surface area contributed by atoms with Crippen molar-refractivity contribution in [3.05, 3.63) is 88.5 Å². The Hall–Kier alpha value is -1.34. The van der Waals surface area contributed by atoms with Gasteiger partial charge in [-0.1, -0.05) is 54.7 Å². The lowest BCUT2D eigenvalue weighted by atomic mass is 9.51. The van der Waals surface area contributed by atoms with Gasteiger partial charge in [-0.15, -0.1) is 0 Å². The molecule has 0 heterocycles. The van der Waals surface area contributed by atoms with Crippen LogP contribution in [0, 0.1) is 29.1 Å². The van der Waals surface area contributed by atoms with Crippen molar-refractivity contribution < 1.29 is 23.5 Å². The highest BCUT2D eigenvalue weighted by Crippen LogP contribution is 2.66. The Morgan fingerprint density at radius 2 is 1.57 bits per heavy atom. The number of fused-ring (bicyclic) bond motifs is 4. The normalized spacial score (nSPS) is 28.6. The highest BCUT2D eigenvalue weighted by atomic mass is 32.1. The van der Waals surface area contributed by atoms with Gasteiger partial charge in [0.1, 0.15) is 5.60 Å². The third kappa shape index (κ3) is 6.57. The van der Waals surface area contributed by atoms with E-state index in [-0.39, 0.29) is 65.7 Å². The second-order valence-electron chi connectivity index (χ2n) is 12.0. The molecule has 0 aliphatic heterocycles. The number of carbonyl (C=O) groups is 1. The molecule has 0 radical (unpaired) electrons. The van der Waals surface area contributed by atoms with Crippen LogP contribution in [0.25, 0.3) is 0 Å². The molecule has 0 spiro atoms. The average molecular weight is 693 g/mol. The molecule has 5 atom stereocenters. The van der Waals surface area contributed by atoms with Crippen molar-refractivity contribution >= 4 is 72.7 Å². The third-order valence-corrected chi connectivity index (χ3v) is 12.1. The summed E-state index contributed by atoms with van der Waals surface area (Å²) in [4.78, 5) is 12.3. The summed E-state index contributed by atoms with van der Waals surface area (Å²) < 4.78 is 23.5. The van der Waals surface area contributed by atoms with E-state index in [4.69, 9.17) is 9.05 Å². The molecule has 6 rings (SSSR count). The molecule has 2 aromatic carbocycles. The fourth-order valence-corrected chi connectivity index (χ4v) is 9.13. The van der Waals surface area contributed by atoms with Gasteiger partial charge in [0.15, 0.2) is 5.78 Å². The Morgan fingerprint density at radius 1 is 0.909 bits per heavy atom. The number of ketones is 1. The largest absolute Gasteiger partial charge is 0.377 e. The summed E-state index contributed by atoms with van der Waals surface area (Å²) in [6, 6.07) is 17.6. The average Bonchev–Trinajstić information content (AvgIpc) is 3.25. The summed E-state index contributed by atoms with van der Waals surface area (Å²) in [5.41, 5.74) is 4.55. The van der Waals surface area contributed by atoms with Crippen molar-refractivity contribution in [2.45, 2.75) is 63.4 Å². The van der Waals surface area contributed by atoms with Gasteiger partial charge in [0.05, 0.1) is 5.30 Å². The SMILES string of the molecule is COP(=O)(OC)c1ccc([C@H]2C[C@@]3(C)[C@@H](CC[C@@]3(O)C#Cc3ccccc3)[C@@H]3CCC4=CC(=O)CCC4=C32)cc1.S.S.S.S. The third-order valence-electron chi connectivity index (χ3n) is 10.2. The number of hydrogen-bond acceptors (Lipinski definition) is 5. The zero-order chi connectivity index (χ0) is 28.1. The number of rotatable bonds is 4. The van der Waals surface area contributed by atoms with Gasteiger partial charge in [0.25, 0.3) is 0 Å². The number of benzene rings is 2. The molecule has 0 unspecified atom stereocenters. The van der Waals surface area contributed by atoms with E-state index in [1.165, 1.54) is 30.9 Å². The first-order valence-corrected chi connectivity index (χ1v) is 15.8. The van der Waals surface area contributed by atoms with Crippen LogP contribution in [-0.4, -0.2) is 30.7 Å². The zero-order valence-corrected chi connectivity index (χ0v) is 30.4. The fourth-order valence-electron chi connectivity index (χ4n) is 8.04. The van der Waals surface area contributed by atoms with E-state index < -0.39 is 18.6 Å². The molecule has 0 aromatic heterocycles. The molecule has 2 fully saturated rings. The first-order valence-electron chi connectivity index (χ1n) is 14.3. The lowest BCUT2D eigenvalue weighted by Gasteiger charge is -2.53. The maximum Gasteiger partial charge on any atom is 0.360 e. The Balaban J connectivity index is 0.00000169. The van der Waals surface area contributed by atoms with Crippen LogP contribution in [0.4, 0.5) is 0 Å². The first-order chi connectivity index (χ1) is 19.2. The van der Waals surface area contributed by atoms with Crippen molar-refractivity contribution in [2.24, 2.45) is 17.3 Å². The second-order valence-corrected chi connectivity index (χ2v) is 14.2. The molecule has 4 aliphatic rings. The maximum absolute atomic E-state index is 13.0.